The van der Waals surface area contributed by atoms with Crippen molar-refractivity contribution in [1.82, 2.24) is 0 Å². The molecule has 0 unspecified atom stereocenters. The topological polar surface area (TPSA) is 0 Å². The third kappa shape index (κ3) is 4.16. The molecule has 10 aromatic carbocycles. The molecule has 0 saturated heterocycles. The highest BCUT2D eigenvalue weighted by molar-refractivity contribution is 6.22. The molecule has 0 aromatic heterocycles. The number of hydrogen-bond acceptors (Lipinski definition) is 0. The molecule has 0 fully saturated rings. The predicted octanol–water partition coefficient (Wildman–Crippen LogP) is 13.6. The molecule has 0 radical (unpaired) electrons. The second-order valence-electron chi connectivity index (χ2n) is 12.9. The van der Waals surface area contributed by atoms with Crippen molar-refractivity contribution in [3.8, 4) is 33.4 Å². The monoisotopic (exact) mass is 606 g/mol. The maximum absolute atomic E-state index is 2.39. The van der Waals surface area contributed by atoms with Gasteiger partial charge in [-0.1, -0.05) is 170 Å². The zero-order valence-corrected chi connectivity index (χ0v) is 26.3. The Balaban J connectivity index is 1.06. The van der Waals surface area contributed by atoms with E-state index in [2.05, 4.69) is 182 Å². The van der Waals surface area contributed by atoms with Gasteiger partial charge in [0.05, 0.1) is 0 Å². The first-order valence-corrected chi connectivity index (χ1v) is 16.7. The van der Waals surface area contributed by atoms with Crippen molar-refractivity contribution >= 4 is 64.6 Å². The van der Waals surface area contributed by atoms with Gasteiger partial charge in [-0.05, 0) is 110 Å². The van der Waals surface area contributed by atoms with Crippen LogP contribution in [-0.2, 0) is 0 Å². The lowest BCUT2D eigenvalue weighted by molar-refractivity contribution is 1.60. The molecule has 0 N–H and O–H groups in total. The molecule has 222 valence electrons. The van der Waals surface area contributed by atoms with Crippen molar-refractivity contribution in [2.24, 2.45) is 0 Å². The summed E-state index contributed by atoms with van der Waals surface area (Å²) >= 11 is 0. The summed E-state index contributed by atoms with van der Waals surface area (Å²) < 4.78 is 0. The lowest BCUT2D eigenvalue weighted by atomic mass is 9.89. The largest absolute Gasteiger partial charge is 0.0616 e. The summed E-state index contributed by atoms with van der Waals surface area (Å²) in [7, 11) is 0. The van der Waals surface area contributed by atoms with E-state index in [1.54, 1.807) is 0 Å². The molecule has 48 heavy (non-hydrogen) atoms. The van der Waals surface area contributed by atoms with E-state index in [0.717, 1.165) is 0 Å². The molecule has 0 aliphatic carbocycles. The maximum Gasteiger partial charge on any atom is -0.00928 e. The molecule has 0 heterocycles. The summed E-state index contributed by atoms with van der Waals surface area (Å²) in [5, 5.41) is 15.5. The Labute approximate surface area is 279 Å². The fourth-order valence-corrected chi connectivity index (χ4v) is 7.88. The van der Waals surface area contributed by atoms with E-state index >= 15 is 0 Å². The van der Waals surface area contributed by atoms with Crippen molar-refractivity contribution < 1.29 is 0 Å². The van der Waals surface area contributed by atoms with Crippen LogP contribution in [0, 0.1) is 0 Å². The van der Waals surface area contributed by atoms with Crippen molar-refractivity contribution in [2.45, 2.75) is 0 Å². The summed E-state index contributed by atoms with van der Waals surface area (Å²) in [5.74, 6) is 0. The van der Waals surface area contributed by atoms with Gasteiger partial charge in [-0.3, -0.25) is 0 Å². The minimum absolute atomic E-state index is 1.22. The van der Waals surface area contributed by atoms with Gasteiger partial charge < -0.3 is 0 Å². The fraction of sp³-hybridized carbons (Fsp3) is 0. The molecule has 0 bridgehead atoms. The molecule has 10 rings (SSSR count). The maximum atomic E-state index is 2.39. The average Bonchev–Trinajstić information content (AvgIpc) is 3.17. The second-order valence-corrected chi connectivity index (χ2v) is 12.9. The third-order valence-corrected chi connectivity index (χ3v) is 10.3. The smallest absolute Gasteiger partial charge is 0.00928 e. The lowest BCUT2D eigenvalue weighted by Crippen LogP contribution is -1.87. The molecular weight excluding hydrogens is 577 g/mol. The Morgan fingerprint density at radius 2 is 0.500 bits per heavy atom. The van der Waals surface area contributed by atoms with Gasteiger partial charge in [0.2, 0.25) is 0 Å². The first kappa shape index (κ1) is 26.9. The SMILES string of the molecule is c1ccc2c(c1)ccc1c3ccccc3c(-c3ccc(-c4ccc(-c5cc6c7ccccc7ccc6c6ccccc56)cc4)cc3)cc21. The quantitative estimate of drug-likeness (QED) is 0.176. The zero-order valence-electron chi connectivity index (χ0n) is 26.3. The van der Waals surface area contributed by atoms with Crippen LogP contribution in [0.15, 0.2) is 182 Å². The van der Waals surface area contributed by atoms with Crippen molar-refractivity contribution in [3.05, 3.63) is 182 Å². The first-order chi connectivity index (χ1) is 23.8. The highest BCUT2D eigenvalue weighted by atomic mass is 14.2. The summed E-state index contributed by atoms with van der Waals surface area (Å²) in [6.07, 6.45) is 0. The summed E-state index contributed by atoms with van der Waals surface area (Å²) in [6.45, 7) is 0. The Bertz CT molecular complexity index is 2660. The molecule has 0 atom stereocenters. The molecule has 0 aliphatic rings. The molecule has 0 nitrogen and oxygen atoms in total. The normalized spacial score (nSPS) is 11.8. The van der Waals surface area contributed by atoms with Crippen molar-refractivity contribution in [3.63, 3.8) is 0 Å². The summed E-state index contributed by atoms with van der Waals surface area (Å²) in [4.78, 5) is 0. The van der Waals surface area contributed by atoms with Gasteiger partial charge in [-0.15, -0.1) is 0 Å². The minimum atomic E-state index is 1.22. The van der Waals surface area contributed by atoms with Crippen LogP contribution in [0.25, 0.3) is 98.0 Å². The highest BCUT2D eigenvalue weighted by Crippen LogP contribution is 2.40. The van der Waals surface area contributed by atoms with Gasteiger partial charge in [0, 0.05) is 0 Å². The van der Waals surface area contributed by atoms with Crippen LogP contribution in [-0.4, -0.2) is 0 Å². The van der Waals surface area contributed by atoms with Crippen LogP contribution < -0.4 is 0 Å². The molecule has 10 aromatic rings. The zero-order chi connectivity index (χ0) is 31.6. The molecule has 0 amide bonds. The van der Waals surface area contributed by atoms with Crippen molar-refractivity contribution in [2.75, 3.05) is 0 Å². The summed E-state index contributed by atoms with van der Waals surface area (Å²) in [6, 6.07) is 67.0. The van der Waals surface area contributed by atoms with Gasteiger partial charge in [-0.2, -0.15) is 0 Å². The van der Waals surface area contributed by atoms with E-state index < -0.39 is 0 Å². The Morgan fingerprint density at radius 3 is 0.917 bits per heavy atom. The van der Waals surface area contributed by atoms with E-state index in [1.165, 1.54) is 98.0 Å². The number of benzene rings is 10. The van der Waals surface area contributed by atoms with Gasteiger partial charge in [0.15, 0.2) is 0 Å². The summed E-state index contributed by atoms with van der Waals surface area (Å²) in [5.41, 5.74) is 7.44. The van der Waals surface area contributed by atoms with E-state index in [0.29, 0.717) is 0 Å². The minimum Gasteiger partial charge on any atom is -0.0616 e. The number of hydrogen-bond donors (Lipinski definition) is 0. The standard InChI is InChI=1S/C48H30/c1-3-11-37-33(9-1)25-27-43-39-13-5-7-15-41(39)45(29-47(37)43)35-21-17-31(18-22-35)32-19-23-36(24-20-32)46-30-48-38-12-4-2-10-34(38)26-28-44(48)40-14-6-8-16-42(40)46/h1-30H. The lowest BCUT2D eigenvalue weighted by Gasteiger charge is -2.14. The van der Waals surface area contributed by atoms with Crippen LogP contribution in [0.1, 0.15) is 0 Å². The Morgan fingerprint density at radius 1 is 0.188 bits per heavy atom. The van der Waals surface area contributed by atoms with Crippen LogP contribution in [0.5, 0.6) is 0 Å². The molecule has 0 spiro atoms. The number of rotatable bonds is 3. The van der Waals surface area contributed by atoms with Crippen LogP contribution in [0.2, 0.25) is 0 Å². The van der Waals surface area contributed by atoms with Gasteiger partial charge in [0.1, 0.15) is 0 Å². The second kappa shape index (κ2) is 10.7. The van der Waals surface area contributed by atoms with E-state index in [4.69, 9.17) is 0 Å². The van der Waals surface area contributed by atoms with E-state index in [1.807, 2.05) is 0 Å². The first-order valence-electron chi connectivity index (χ1n) is 16.7. The van der Waals surface area contributed by atoms with Crippen LogP contribution in [0.3, 0.4) is 0 Å². The van der Waals surface area contributed by atoms with Gasteiger partial charge >= 0.3 is 0 Å². The Kier molecular flexibility index (Phi) is 5.98. The fourth-order valence-electron chi connectivity index (χ4n) is 7.88. The van der Waals surface area contributed by atoms with E-state index in [-0.39, 0.29) is 0 Å². The highest BCUT2D eigenvalue weighted by Gasteiger charge is 2.13. The van der Waals surface area contributed by atoms with Gasteiger partial charge in [-0.25, -0.2) is 0 Å². The van der Waals surface area contributed by atoms with Crippen LogP contribution in [0.4, 0.5) is 0 Å². The molecule has 0 saturated carbocycles. The average molecular weight is 607 g/mol. The molecule has 0 heteroatoms. The third-order valence-electron chi connectivity index (χ3n) is 10.3. The molecular formula is C48H30. The van der Waals surface area contributed by atoms with Crippen molar-refractivity contribution in [1.29, 1.82) is 0 Å². The molecule has 0 aliphatic heterocycles. The van der Waals surface area contributed by atoms with Crippen LogP contribution >= 0.6 is 0 Å². The number of fused-ring (bicyclic) bond motifs is 10. The Hall–Kier alpha value is -6.24. The van der Waals surface area contributed by atoms with Gasteiger partial charge in [0.25, 0.3) is 0 Å². The predicted molar refractivity (Wildman–Crippen MR) is 208 cm³/mol. The van der Waals surface area contributed by atoms with E-state index in [9.17, 15) is 0 Å².